The minimum Gasteiger partial charge on any atom is -0.345 e. The SMILES string of the molecule is CC(C)(N)C(=O)NCC(=O)N1CCN(Cc2ccccc2)CC1.Cl.Cl. The van der Waals surface area contributed by atoms with Crippen molar-refractivity contribution in [3.05, 3.63) is 35.9 Å². The normalized spacial score (nSPS) is 14.9. The molecule has 1 aliphatic heterocycles. The Balaban J connectivity index is 0.00000288. The topological polar surface area (TPSA) is 78.7 Å². The fraction of sp³-hybridized carbons (Fsp3) is 0.529. The maximum Gasteiger partial charge on any atom is 0.242 e. The quantitative estimate of drug-likeness (QED) is 0.786. The number of rotatable bonds is 5. The third kappa shape index (κ3) is 7.61. The van der Waals surface area contributed by atoms with E-state index in [9.17, 15) is 9.59 Å². The Morgan fingerprint density at radius 1 is 1.08 bits per heavy atom. The first kappa shape index (κ1) is 23.7. The van der Waals surface area contributed by atoms with Gasteiger partial charge in [-0.1, -0.05) is 30.3 Å². The number of hydrogen-bond donors (Lipinski definition) is 2. The van der Waals surface area contributed by atoms with E-state index in [1.54, 1.807) is 18.7 Å². The summed E-state index contributed by atoms with van der Waals surface area (Å²) in [5.41, 5.74) is 6.01. The Hall–Kier alpha value is -1.34. The standard InChI is InChI=1S/C17H26N4O2.2ClH/c1-17(2,18)16(23)19-12-15(22)21-10-8-20(9-11-21)13-14-6-4-3-5-7-14;;/h3-7H,8-13,18H2,1-2H3,(H,19,23);2*1H. The summed E-state index contributed by atoms with van der Waals surface area (Å²) in [6.07, 6.45) is 0. The van der Waals surface area contributed by atoms with Crippen LogP contribution in [0.4, 0.5) is 0 Å². The largest absolute Gasteiger partial charge is 0.345 e. The van der Waals surface area contributed by atoms with Crippen LogP contribution in [0.15, 0.2) is 30.3 Å². The van der Waals surface area contributed by atoms with Crippen LogP contribution >= 0.6 is 24.8 Å². The van der Waals surface area contributed by atoms with Gasteiger partial charge in [0.15, 0.2) is 0 Å². The number of hydrogen-bond acceptors (Lipinski definition) is 4. The van der Waals surface area contributed by atoms with E-state index in [1.165, 1.54) is 5.56 Å². The first-order valence-electron chi connectivity index (χ1n) is 7.97. The number of piperazine rings is 1. The minimum atomic E-state index is -0.964. The van der Waals surface area contributed by atoms with Gasteiger partial charge in [-0.05, 0) is 19.4 Å². The Labute approximate surface area is 161 Å². The molecule has 1 saturated heterocycles. The predicted molar refractivity (Wildman–Crippen MR) is 104 cm³/mol. The fourth-order valence-corrected chi connectivity index (χ4v) is 2.49. The summed E-state index contributed by atoms with van der Waals surface area (Å²) in [6, 6.07) is 10.3. The molecular formula is C17H28Cl2N4O2. The highest BCUT2D eigenvalue weighted by molar-refractivity contribution is 5.89. The van der Waals surface area contributed by atoms with Crippen LogP contribution in [-0.2, 0) is 16.1 Å². The first-order chi connectivity index (χ1) is 10.9. The van der Waals surface area contributed by atoms with Gasteiger partial charge in [0.05, 0.1) is 12.1 Å². The van der Waals surface area contributed by atoms with E-state index in [1.807, 2.05) is 18.2 Å². The summed E-state index contributed by atoms with van der Waals surface area (Å²) in [6.45, 7) is 7.22. The van der Waals surface area contributed by atoms with Crippen molar-refractivity contribution in [3.63, 3.8) is 0 Å². The number of amides is 2. The van der Waals surface area contributed by atoms with E-state index in [2.05, 4.69) is 22.3 Å². The molecule has 6 nitrogen and oxygen atoms in total. The third-order valence-electron chi connectivity index (χ3n) is 3.96. The summed E-state index contributed by atoms with van der Waals surface area (Å²) < 4.78 is 0. The van der Waals surface area contributed by atoms with Crippen LogP contribution in [0, 0.1) is 0 Å². The highest BCUT2D eigenvalue weighted by Gasteiger charge is 2.25. The maximum atomic E-state index is 12.1. The number of nitrogens with one attached hydrogen (secondary N) is 1. The molecule has 8 heteroatoms. The molecule has 0 aromatic heterocycles. The third-order valence-corrected chi connectivity index (χ3v) is 3.96. The van der Waals surface area contributed by atoms with Gasteiger partial charge in [-0.3, -0.25) is 14.5 Å². The van der Waals surface area contributed by atoms with Gasteiger partial charge in [-0.15, -0.1) is 24.8 Å². The molecule has 3 N–H and O–H groups in total. The highest BCUT2D eigenvalue weighted by atomic mass is 35.5. The van der Waals surface area contributed by atoms with E-state index in [0.717, 1.165) is 19.6 Å². The molecule has 0 atom stereocenters. The highest BCUT2D eigenvalue weighted by Crippen LogP contribution is 2.08. The second-order valence-corrected chi connectivity index (χ2v) is 6.55. The Morgan fingerprint density at radius 3 is 2.16 bits per heavy atom. The van der Waals surface area contributed by atoms with Crippen LogP contribution < -0.4 is 11.1 Å². The van der Waals surface area contributed by atoms with Crippen molar-refractivity contribution in [1.82, 2.24) is 15.1 Å². The molecule has 0 unspecified atom stereocenters. The van der Waals surface area contributed by atoms with Gasteiger partial charge in [-0.25, -0.2) is 0 Å². The molecule has 142 valence electrons. The fourth-order valence-electron chi connectivity index (χ4n) is 2.49. The molecule has 25 heavy (non-hydrogen) atoms. The number of halogens is 2. The van der Waals surface area contributed by atoms with E-state index >= 15 is 0 Å². The van der Waals surface area contributed by atoms with Gasteiger partial charge >= 0.3 is 0 Å². The van der Waals surface area contributed by atoms with E-state index in [0.29, 0.717) is 13.1 Å². The smallest absolute Gasteiger partial charge is 0.242 e. The average Bonchev–Trinajstić information content (AvgIpc) is 2.53. The van der Waals surface area contributed by atoms with Gasteiger partial charge in [0.1, 0.15) is 0 Å². The van der Waals surface area contributed by atoms with Crippen molar-refractivity contribution in [2.45, 2.75) is 25.9 Å². The second-order valence-electron chi connectivity index (χ2n) is 6.55. The lowest BCUT2D eigenvalue weighted by Gasteiger charge is -2.35. The van der Waals surface area contributed by atoms with Crippen LogP contribution in [0.25, 0.3) is 0 Å². The molecule has 1 heterocycles. The van der Waals surface area contributed by atoms with Gasteiger partial charge in [-0.2, -0.15) is 0 Å². The van der Waals surface area contributed by atoms with Gasteiger partial charge < -0.3 is 16.0 Å². The molecule has 0 bridgehead atoms. The first-order valence-corrected chi connectivity index (χ1v) is 7.97. The number of carbonyl (C=O) groups excluding carboxylic acids is 2. The van der Waals surface area contributed by atoms with Crippen molar-refractivity contribution >= 4 is 36.6 Å². The summed E-state index contributed by atoms with van der Waals surface area (Å²) in [5.74, 6) is -0.365. The van der Waals surface area contributed by atoms with Crippen molar-refractivity contribution in [3.8, 4) is 0 Å². The minimum absolute atomic E-state index is 0. The molecular weight excluding hydrogens is 363 g/mol. The number of carbonyl (C=O) groups is 2. The summed E-state index contributed by atoms with van der Waals surface area (Å²) in [5, 5.41) is 2.60. The Bertz CT molecular complexity index is 541. The molecule has 2 rings (SSSR count). The van der Waals surface area contributed by atoms with Crippen LogP contribution in [0.5, 0.6) is 0 Å². The Kier molecular flexibility index (Phi) is 10.0. The van der Waals surface area contributed by atoms with E-state index in [-0.39, 0.29) is 43.2 Å². The molecule has 0 radical (unpaired) electrons. The molecule has 1 fully saturated rings. The van der Waals surface area contributed by atoms with Gasteiger partial charge in [0.25, 0.3) is 0 Å². The number of nitrogens with two attached hydrogens (primary N) is 1. The summed E-state index contributed by atoms with van der Waals surface area (Å²) in [7, 11) is 0. The molecule has 1 aromatic rings. The molecule has 0 aliphatic carbocycles. The lowest BCUT2D eigenvalue weighted by molar-refractivity contribution is -0.135. The van der Waals surface area contributed by atoms with Gasteiger partial charge in [0.2, 0.25) is 11.8 Å². The zero-order chi connectivity index (χ0) is 16.9. The van der Waals surface area contributed by atoms with Crippen LogP contribution in [0.2, 0.25) is 0 Å². The van der Waals surface area contributed by atoms with Crippen molar-refractivity contribution in [2.24, 2.45) is 5.73 Å². The lowest BCUT2D eigenvalue weighted by atomic mass is 10.1. The lowest BCUT2D eigenvalue weighted by Crippen LogP contribution is -2.54. The molecule has 1 aromatic carbocycles. The van der Waals surface area contributed by atoms with Crippen LogP contribution in [-0.4, -0.2) is 59.9 Å². The van der Waals surface area contributed by atoms with Crippen molar-refractivity contribution in [1.29, 1.82) is 0 Å². The summed E-state index contributed by atoms with van der Waals surface area (Å²) in [4.78, 5) is 28.0. The van der Waals surface area contributed by atoms with Crippen LogP contribution in [0.1, 0.15) is 19.4 Å². The molecule has 0 saturated carbocycles. The Morgan fingerprint density at radius 2 is 1.64 bits per heavy atom. The van der Waals surface area contributed by atoms with Gasteiger partial charge in [0, 0.05) is 32.7 Å². The average molecular weight is 391 g/mol. The number of benzene rings is 1. The molecule has 0 spiro atoms. The van der Waals surface area contributed by atoms with Crippen LogP contribution in [0.3, 0.4) is 0 Å². The monoisotopic (exact) mass is 390 g/mol. The zero-order valence-electron chi connectivity index (χ0n) is 14.7. The zero-order valence-corrected chi connectivity index (χ0v) is 16.4. The second kappa shape index (κ2) is 10.6. The molecule has 2 amide bonds. The van der Waals surface area contributed by atoms with Crippen molar-refractivity contribution in [2.75, 3.05) is 32.7 Å². The van der Waals surface area contributed by atoms with Crippen molar-refractivity contribution < 1.29 is 9.59 Å². The number of nitrogens with zero attached hydrogens (tertiary/aromatic N) is 2. The maximum absolute atomic E-state index is 12.1. The van der Waals surface area contributed by atoms with E-state index < -0.39 is 5.54 Å². The van der Waals surface area contributed by atoms with E-state index in [4.69, 9.17) is 5.73 Å². The predicted octanol–water partition coefficient (Wildman–Crippen LogP) is 1.03. The summed E-state index contributed by atoms with van der Waals surface area (Å²) >= 11 is 0. The molecule has 1 aliphatic rings.